The zero-order chi connectivity index (χ0) is 10.3. The molecule has 0 spiro atoms. The molecule has 3 heteroatoms. The first-order chi connectivity index (χ1) is 7.31. The number of pyridine rings is 1. The maximum Gasteiger partial charge on any atom is 0.129 e. The third-order valence-corrected chi connectivity index (χ3v) is 4.04. The molecule has 1 aromatic rings. The van der Waals surface area contributed by atoms with E-state index in [-0.39, 0.29) is 0 Å². The lowest BCUT2D eigenvalue weighted by Gasteiger charge is -2.23. The third-order valence-electron chi connectivity index (χ3n) is 3.82. The molecule has 2 aliphatic rings. The van der Waals surface area contributed by atoms with E-state index in [4.69, 9.17) is 11.6 Å². The molecule has 0 saturated heterocycles. The van der Waals surface area contributed by atoms with E-state index < -0.39 is 0 Å². The van der Waals surface area contributed by atoms with E-state index in [0.29, 0.717) is 11.2 Å². The lowest BCUT2D eigenvalue weighted by Crippen LogP contribution is -2.25. The SMILES string of the molecule is Clc1ccc(N[C@@H]2C[C@H]3CC[C@@H]2C3)cn1. The molecule has 2 saturated carbocycles. The van der Waals surface area contributed by atoms with Crippen molar-refractivity contribution in [2.24, 2.45) is 11.8 Å². The quantitative estimate of drug-likeness (QED) is 0.777. The fourth-order valence-corrected chi connectivity index (χ4v) is 3.21. The highest BCUT2D eigenvalue weighted by atomic mass is 35.5. The van der Waals surface area contributed by atoms with Crippen LogP contribution in [0.1, 0.15) is 25.7 Å². The van der Waals surface area contributed by atoms with E-state index in [1.54, 1.807) is 0 Å². The maximum absolute atomic E-state index is 5.75. The summed E-state index contributed by atoms with van der Waals surface area (Å²) in [5.74, 6) is 1.87. The van der Waals surface area contributed by atoms with Crippen molar-refractivity contribution in [2.45, 2.75) is 31.7 Å². The first-order valence-electron chi connectivity index (χ1n) is 5.69. The van der Waals surface area contributed by atoms with Gasteiger partial charge in [0.25, 0.3) is 0 Å². The number of hydrogen-bond donors (Lipinski definition) is 1. The van der Waals surface area contributed by atoms with Crippen molar-refractivity contribution in [3.63, 3.8) is 0 Å². The van der Waals surface area contributed by atoms with Gasteiger partial charge in [0.2, 0.25) is 0 Å². The summed E-state index contributed by atoms with van der Waals surface area (Å²) in [6, 6.07) is 4.53. The topological polar surface area (TPSA) is 24.9 Å². The van der Waals surface area contributed by atoms with Crippen LogP contribution in [0.3, 0.4) is 0 Å². The summed E-state index contributed by atoms with van der Waals surface area (Å²) >= 11 is 5.75. The van der Waals surface area contributed by atoms with Gasteiger partial charge >= 0.3 is 0 Å². The molecule has 1 heterocycles. The molecule has 2 bridgehead atoms. The van der Waals surface area contributed by atoms with Crippen LogP contribution in [0.25, 0.3) is 0 Å². The standard InChI is InChI=1S/C12H15ClN2/c13-12-4-3-10(7-14-12)15-11-6-8-1-2-9(11)5-8/h3-4,7-9,11,15H,1-2,5-6H2/t8-,9+,11+/m0/s1. The average molecular weight is 223 g/mol. The molecule has 15 heavy (non-hydrogen) atoms. The number of nitrogens with zero attached hydrogens (tertiary/aromatic N) is 1. The molecule has 80 valence electrons. The fraction of sp³-hybridized carbons (Fsp3) is 0.583. The van der Waals surface area contributed by atoms with Gasteiger partial charge in [0.05, 0.1) is 11.9 Å². The van der Waals surface area contributed by atoms with E-state index in [9.17, 15) is 0 Å². The predicted molar refractivity (Wildman–Crippen MR) is 62.1 cm³/mol. The van der Waals surface area contributed by atoms with E-state index >= 15 is 0 Å². The second kappa shape index (κ2) is 3.67. The first kappa shape index (κ1) is 9.46. The zero-order valence-electron chi connectivity index (χ0n) is 8.62. The number of fused-ring (bicyclic) bond motifs is 2. The van der Waals surface area contributed by atoms with Crippen LogP contribution in [0.4, 0.5) is 5.69 Å². The maximum atomic E-state index is 5.75. The molecule has 0 radical (unpaired) electrons. The second-order valence-corrected chi connectivity index (χ2v) is 5.18. The van der Waals surface area contributed by atoms with Crippen LogP contribution in [-0.2, 0) is 0 Å². The highest BCUT2D eigenvalue weighted by Crippen LogP contribution is 2.45. The average Bonchev–Trinajstić information content (AvgIpc) is 2.83. The van der Waals surface area contributed by atoms with Gasteiger partial charge in [-0.05, 0) is 43.2 Å². The molecule has 2 aliphatic carbocycles. The first-order valence-corrected chi connectivity index (χ1v) is 6.07. The Balaban J connectivity index is 1.68. The zero-order valence-corrected chi connectivity index (χ0v) is 9.37. The Morgan fingerprint density at radius 3 is 2.80 bits per heavy atom. The minimum atomic E-state index is 0.563. The highest BCUT2D eigenvalue weighted by Gasteiger charge is 2.39. The van der Waals surface area contributed by atoms with Crippen molar-refractivity contribution in [3.8, 4) is 0 Å². The van der Waals surface area contributed by atoms with Gasteiger partial charge < -0.3 is 5.32 Å². The van der Waals surface area contributed by atoms with Crippen molar-refractivity contribution in [1.29, 1.82) is 0 Å². The van der Waals surface area contributed by atoms with Crippen LogP contribution in [-0.4, -0.2) is 11.0 Å². The molecule has 0 amide bonds. The molecule has 3 atom stereocenters. The molecule has 2 fully saturated rings. The smallest absolute Gasteiger partial charge is 0.129 e. The van der Waals surface area contributed by atoms with Crippen LogP contribution in [0.15, 0.2) is 18.3 Å². The Labute approximate surface area is 95.0 Å². The number of halogens is 1. The molecular weight excluding hydrogens is 208 g/mol. The second-order valence-electron chi connectivity index (χ2n) is 4.80. The number of anilines is 1. The largest absolute Gasteiger partial charge is 0.381 e. The minimum Gasteiger partial charge on any atom is -0.381 e. The summed E-state index contributed by atoms with van der Waals surface area (Å²) in [6.45, 7) is 0. The molecule has 0 aromatic carbocycles. The normalized spacial score (nSPS) is 33.3. The number of aromatic nitrogens is 1. The summed E-state index contributed by atoms with van der Waals surface area (Å²) in [6.07, 6.45) is 7.45. The van der Waals surface area contributed by atoms with Gasteiger partial charge in [0.1, 0.15) is 5.15 Å². The van der Waals surface area contributed by atoms with Gasteiger partial charge in [-0.15, -0.1) is 0 Å². The van der Waals surface area contributed by atoms with Crippen molar-refractivity contribution in [3.05, 3.63) is 23.5 Å². The van der Waals surface area contributed by atoms with Gasteiger partial charge in [-0.2, -0.15) is 0 Å². The number of nitrogens with one attached hydrogen (secondary N) is 1. The molecule has 1 aromatic heterocycles. The summed E-state index contributed by atoms with van der Waals surface area (Å²) < 4.78 is 0. The monoisotopic (exact) mass is 222 g/mol. The minimum absolute atomic E-state index is 0.563. The van der Waals surface area contributed by atoms with Crippen molar-refractivity contribution < 1.29 is 0 Å². The summed E-state index contributed by atoms with van der Waals surface area (Å²) in [7, 11) is 0. The number of rotatable bonds is 2. The number of hydrogen-bond acceptors (Lipinski definition) is 2. The molecule has 2 nitrogen and oxygen atoms in total. The van der Waals surface area contributed by atoms with E-state index in [1.807, 2.05) is 18.3 Å². The van der Waals surface area contributed by atoms with Gasteiger partial charge in [0, 0.05) is 6.04 Å². The van der Waals surface area contributed by atoms with E-state index in [0.717, 1.165) is 17.5 Å². The summed E-state index contributed by atoms with van der Waals surface area (Å²) in [4.78, 5) is 4.09. The Hall–Kier alpha value is -0.760. The van der Waals surface area contributed by atoms with Crippen LogP contribution in [0, 0.1) is 11.8 Å². The Kier molecular flexibility index (Phi) is 2.32. The lowest BCUT2D eigenvalue weighted by atomic mass is 9.95. The summed E-state index contributed by atoms with van der Waals surface area (Å²) in [5, 5.41) is 4.14. The molecule has 0 unspecified atom stereocenters. The highest BCUT2D eigenvalue weighted by molar-refractivity contribution is 6.29. The predicted octanol–water partition coefficient (Wildman–Crippen LogP) is 3.34. The van der Waals surface area contributed by atoms with Crippen molar-refractivity contribution >= 4 is 17.3 Å². The Morgan fingerprint density at radius 2 is 2.20 bits per heavy atom. The van der Waals surface area contributed by atoms with Gasteiger partial charge in [-0.25, -0.2) is 4.98 Å². The van der Waals surface area contributed by atoms with Crippen molar-refractivity contribution in [1.82, 2.24) is 4.98 Å². The van der Waals surface area contributed by atoms with Gasteiger partial charge in [-0.1, -0.05) is 18.0 Å². The molecular formula is C12H15ClN2. The lowest BCUT2D eigenvalue weighted by molar-refractivity contribution is 0.439. The molecule has 3 rings (SSSR count). The van der Waals surface area contributed by atoms with Crippen LogP contribution in [0.2, 0.25) is 5.15 Å². The van der Waals surface area contributed by atoms with Crippen LogP contribution < -0.4 is 5.32 Å². The Bertz CT molecular complexity index is 349. The van der Waals surface area contributed by atoms with E-state index in [1.165, 1.54) is 25.7 Å². The summed E-state index contributed by atoms with van der Waals surface area (Å²) in [5.41, 5.74) is 1.11. The van der Waals surface area contributed by atoms with E-state index in [2.05, 4.69) is 10.3 Å². The third kappa shape index (κ3) is 1.83. The van der Waals surface area contributed by atoms with Gasteiger partial charge in [0.15, 0.2) is 0 Å². The van der Waals surface area contributed by atoms with Crippen LogP contribution >= 0.6 is 11.6 Å². The van der Waals surface area contributed by atoms with Gasteiger partial charge in [-0.3, -0.25) is 0 Å². The Morgan fingerprint density at radius 1 is 1.27 bits per heavy atom. The fourth-order valence-electron chi connectivity index (χ4n) is 3.10. The molecule has 1 N–H and O–H groups in total. The molecule has 0 aliphatic heterocycles. The van der Waals surface area contributed by atoms with Crippen LogP contribution in [0.5, 0.6) is 0 Å². The van der Waals surface area contributed by atoms with Crippen molar-refractivity contribution in [2.75, 3.05) is 5.32 Å².